The van der Waals surface area contributed by atoms with Crippen molar-refractivity contribution in [1.29, 1.82) is 0 Å². The Balaban J connectivity index is 1.86. The Morgan fingerprint density at radius 3 is 2.67 bits per heavy atom. The van der Waals surface area contributed by atoms with E-state index in [-0.39, 0.29) is 6.04 Å². The number of rotatable bonds is 8. The third kappa shape index (κ3) is 5.98. The quantitative estimate of drug-likeness (QED) is 0.550. The normalized spacial score (nSPS) is 12.7. The van der Waals surface area contributed by atoms with E-state index in [0.29, 0.717) is 19.0 Å². The predicted molar refractivity (Wildman–Crippen MR) is 109 cm³/mol. The van der Waals surface area contributed by atoms with Crippen molar-refractivity contribution in [2.75, 3.05) is 13.7 Å². The smallest absolute Gasteiger partial charge is 0.213 e. The van der Waals surface area contributed by atoms with Gasteiger partial charge in [-0.05, 0) is 44.7 Å². The van der Waals surface area contributed by atoms with Crippen molar-refractivity contribution < 1.29 is 4.74 Å². The summed E-state index contributed by atoms with van der Waals surface area (Å²) in [5.41, 5.74) is 4.66. The second-order valence-corrected chi connectivity index (χ2v) is 6.80. The molecule has 0 fully saturated rings. The molecule has 0 amide bonds. The van der Waals surface area contributed by atoms with Gasteiger partial charge in [0, 0.05) is 44.6 Å². The topological polar surface area (TPSA) is 76.4 Å². The van der Waals surface area contributed by atoms with Gasteiger partial charge in [0.15, 0.2) is 5.96 Å². The highest BCUT2D eigenvalue weighted by Gasteiger charge is 2.14. The van der Waals surface area contributed by atoms with Gasteiger partial charge in [-0.2, -0.15) is 5.10 Å². The van der Waals surface area contributed by atoms with Crippen molar-refractivity contribution in [2.45, 2.75) is 53.1 Å². The zero-order valence-electron chi connectivity index (χ0n) is 17.3. The molecule has 2 heterocycles. The Labute approximate surface area is 162 Å². The fraction of sp³-hybridized carbons (Fsp3) is 0.550. The van der Waals surface area contributed by atoms with Crippen LogP contribution in [0.2, 0.25) is 0 Å². The van der Waals surface area contributed by atoms with E-state index < -0.39 is 0 Å². The van der Waals surface area contributed by atoms with Gasteiger partial charge in [0.05, 0.1) is 12.3 Å². The monoisotopic (exact) mass is 372 g/mol. The first-order valence-electron chi connectivity index (χ1n) is 9.48. The summed E-state index contributed by atoms with van der Waals surface area (Å²) in [5.74, 6) is 1.44. The van der Waals surface area contributed by atoms with Crippen LogP contribution in [0.1, 0.15) is 42.8 Å². The van der Waals surface area contributed by atoms with Crippen molar-refractivity contribution in [3.63, 3.8) is 0 Å². The van der Waals surface area contributed by atoms with E-state index in [1.165, 1.54) is 11.3 Å². The summed E-state index contributed by atoms with van der Waals surface area (Å²) >= 11 is 0. The molecule has 148 valence electrons. The molecule has 0 radical (unpaired) electrons. The van der Waals surface area contributed by atoms with Crippen LogP contribution in [-0.2, 0) is 20.0 Å². The Morgan fingerprint density at radius 2 is 2.11 bits per heavy atom. The van der Waals surface area contributed by atoms with Gasteiger partial charge in [-0.1, -0.05) is 13.0 Å². The van der Waals surface area contributed by atoms with Gasteiger partial charge in [0.25, 0.3) is 0 Å². The lowest BCUT2D eigenvalue weighted by Gasteiger charge is -2.18. The van der Waals surface area contributed by atoms with Crippen LogP contribution in [-0.4, -0.2) is 40.4 Å². The van der Waals surface area contributed by atoms with E-state index in [0.717, 1.165) is 30.1 Å². The number of hydrogen-bond donors (Lipinski definition) is 2. The summed E-state index contributed by atoms with van der Waals surface area (Å²) in [4.78, 5) is 8.65. The maximum absolute atomic E-state index is 5.51. The van der Waals surface area contributed by atoms with Crippen molar-refractivity contribution in [1.82, 2.24) is 25.4 Å². The predicted octanol–water partition coefficient (Wildman–Crippen LogP) is 2.52. The fourth-order valence-corrected chi connectivity index (χ4v) is 2.89. The van der Waals surface area contributed by atoms with E-state index in [9.17, 15) is 0 Å². The van der Waals surface area contributed by atoms with Gasteiger partial charge in [-0.15, -0.1) is 0 Å². The molecule has 2 N–H and O–H groups in total. The van der Waals surface area contributed by atoms with Gasteiger partial charge in [-0.25, -0.2) is 4.98 Å². The highest BCUT2D eigenvalue weighted by molar-refractivity contribution is 5.79. The zero-order chi connectivity index (χ0) is 19.8. The molecule has 1 atom stereocenters. The number of aromatic nitrogens is 3. The lowest BCUT2D eigenvalue weighted by atomic mass is 10.1. The summed E-state index contributed by atoms with van der Waals surface area (Å²) in [5, 5.41) is 11.3. The number of nitrogens with one attached hydrogen (secondary N) is 2. The van der Waals surface area contributed by atoms with Crippen LogP contribution in [0.5, 0.6) is 5.88 Å². The molecule has 7 heteroatoms. The van der Waals surface area contributed by atoms with Crippen LogP contribution >= 0.6 is 0 Å². The molecule has 27 heavy (non-hydrogen) atoms. The highest BCUT2D eigenvalue weighted by Crippen LogP contribution is 2.14. The average Bonchev–Trinajstić information content (AvgIpc) is 2.90. The first kappa shape index (κ1) is 20.7. The first-order valence-corrected chi connectivity index (χ1v) is 9.48. The van der Waals surface area contributed by atoms with Crippen molar-refractivity contribution in [3.05, 3.63) is 40.8 Å². The van der Waals surface area contributed by atoms with Gasteiger partial charge in [0.1, 0.15) is 0 Å². The van der Waals surface area contributed by atoms with E-state index in [4.69, 9.17) is 4.74 Å². The number of ether oxygens (including phenoxy) is 1. The van der Waals surface area contributed by atoms with Crippen LogP contribution in [0.15, 0.2) is 23.3 Å². The van der Waals surface area contributed by atoms with Gasteiger partial charge in [-0.3, -0.25) is 9.67 Å². The number of aliphatic imine (C=N–C) groups is 1. The fourth-order valence-electron chi connectivity index (χ4n) is 2.89. The Morgan fingerprint density at radius 1 is 1.33 bits per heavy atom. The molecule has 0 saturated heterocycles. The maximum Gasteiger partial charge on any atom is 0.213 e. The van der Waals surface area contributed by atoms with Crippen LogP contribution in [0, 0.1) is 13.8 Å². The molecule has 0 spiro atoms. The van der Waals surface area contributed by atoms with Crippen molar-refractivity contribution >= 4 is 5.96 Å². The Kier molecular flexibility index (Phi) is 7.64. The molecule has 0 aromatic carbocycles. The highest BCUT2D eigenvalue weighted by atomic mass is 16.5. The minimum Gasteiger partial charge on any atom is -0.478 e. The van der Waals surface area contributed by atoms with Gasteiger partial charge < -0.3 is 15.4 Å². The number of pyridine rings is 1. The molecule has 2 aromatic rings. The second-order valence-electron chi connectivity index (χ2n) is 6.80. The number of aryl methyl sites for hydroxylation is 2. The molecule has 0 aliphatic carbocycles. The van der Waals surface area contributed by atoms with Crippen LogP contribution in [0.3, 0.4) is 0 Å². The first-order chi connectivity index (χ1) is 12.9. The Bertz CT molecular complexity index is 751. The van der Waals surface area contributed by atoms with Crippen LogP contribution in [0.25, 0.3) is 0 Å². The minimum absolute atomic E-state index is 0.237. The standard InChI is InChI=1S/C20H32N6O/c1-7-10-27-19-9-8-17(12-22-19)13-23-20(21-5)24-14(2)11-18-15(3)25-26(6)16(18)4/h8-9,12,14H,7,10-11,13H2,1-6H3,(H2,21,23,24). The van der Waals surface area contributed by atoms with Gasteiger partial charge >= 0.3 is 0 Å². The summed E-state index contributed by atoms with van der Waals surface area (Å²) < 4.78 is 7.45. The molecule has 0 aliphatic rings. The Hall–Kier alpha value is -2.57. The number of nitrogens with zero attached hydrogens (tertiary/aromatic N) is 4. The molecular weight excluding hydrogens is 340 g/mol. The molecule has 0 saturated carbocycles. The zero-order valence-corrected chi connectivity index (χ0v) is 17.3. The maximum atomic E-state index is 5.51. The lowest BCUT2D eigenvalue weighted by Crippen LogP contribution is -2.42. The van der Waals surface area contributed by atoms with Gasteiger partial charge in [0.2, 0.25) is 5.88 Å². The minimum atomic E-state index is 0.237. The summed E-state index contributed by atoms with van der Waals surface area (Å²) in [7, 11) is 3.76. The average molecular weight is 373 g/mol. The third-order valence-electron chi connectivity index (χ3n) is 4.49. The molecule has 1 unspecified atom stereocenters. The molecule has 0 bridgehead atoms. The molecule has 0 aliphatic heterocycles. The van der Waals surface area contributed by atoms with Crippen LogP contribution in [0.4, 0.5) is 0 Å². The molecule has 2 rings (SSSR count). The van der Waals surface area contributed by atoms with E-state index >= 15 is 0 Å². The molecular formula is C20H32N6O. The lowest BCUT2D eigenvalue weighted by molar-refractivity contribution is 0.305. The van der Waals surface area contributed by atoms with Crippen LogP contribution < -0.4 is 15.4 Å². The third-order valence-corrected chi connectivity index (χ3v) is 4.49. The van der Waals surface area contributed by atoms with E-state index in [1.807, 2.05) is 30.1 Å². The van der Waals surface area contributed by atoms with E-state index in [2.05, 4.69) is 53.4 Å². The number of guanidine groups is 1. The van der Waals surface area contributed by atoms with E-state index in [1.54, 1.807) is 7.05 Å². The summed E-state index contributed by atoms with van der Waals surface area (Å²) in [6.45, 7) is 9.74. The second kappa shape index (κ2) is 9.94. The van der Waals surface area contributed by atoms with Crippen molar-refractivity contribution in [2.24, 2.45) is 12.0 Å². The summed E-state index contributed by atoms with van der Waals surface area (Å²) in [6.07, 6.45) is 3.71. The largest absolute Gasteiger partial charge is 0.478 e. The molecule has 2 aromatic heterocycles. The number of hydrogen-bond acceptors (Lipinski definition) is 4. The molecule has 7 nitrogen and oxygen atoms in total. The van der Waals surface area contributed by atoms with Crippen molar-refractivity contribution in [3.8, 4) is 5.88 Å². The summed E-state index contributed by atoms with van der Waals surface area (Å²) in [6, 6.07) is 4.16. The SMILES string of the molecule is CCCOc1ccc(CNC(=NC)NC(C)Cc2c(C)nn(C)c2C)cn1.